The van der Waals surface area contributed by atoms with Crippen molar-refractivity contribution in [2.24, 2.45) is 10.7 Å². The topological polar surface area (TPSA) is 83.5 Å². The number of allylic oxidation sites excluding steroid dienone is 2. The number of hydrogen-bond donors (Lipinski definition) is 3. The van der Waals surface area contributed by atoms with Gasteiger partial charge in [0, 0.05) is 18.1 Å². The molecule has 3 rings (SSSR count). The molecule has 1 fully saturated rings. The van der Waals surface area contributed by atoms with Gasteiger partial charge in [-0.25, -0.2) is 4.98 Å². The van der Waals surface area contributed by atoms with Crippen molar-refractivity contribution in [2.75, 3.05) is 12.0 Å². The van der Waals surface area contributed by atoms with Crippen LogP contribution in [0.3, 0.4) is 0 Å². The third-order valence-corrected chi connectivity index (χ3v) is 5.74. The average Bonchev–Trinajstić information content (AvgIpc) is 3.35. The first-order chi connectivity index (χ1) is 13.5. The van der Waals surface area contributed by atoms with Crippen molar-refractivity contribution < 1.29 is 18.3 Å². The zero-order valence-corrected chi connectivity index (χ0v) is 16.9. The number of aliphatic imine (C=N–C) groups is 1. The lowest BCUT2D eigenvalue weighted by molar-refractivity contribution is -0.0925. The number of aliphatic hydroxyl groups is 1. The van der Waals surface area contributed by atoms with E-state index in [-0.39, 0.29) is 6.67 Å². The van der Waals surface area contributed by atoms with Crippen LogP contribution in [0.5, 0.6) is 0 Å². The summed E-state index contributed by atoms with van der Waals surface area (Å²) in [5.41, 5.74) is 5.74. The van der Waals surface area contributed by atoms with Gasteiger partial charge >= 0.3 is 6.18 Å². The average molecular weight is 424 g/mol. The summed E-state index contributed by atoms with van der Waals surface area (Å²) in [7, 11) is 0. The lowest BCUT2D eigenvalue weighted by Crippen LogP contribution is -2.19. The number of anilines is 1. The zero-order valence-electron chi connectivity index (χ0n) is 16.1. The molecular formula is C20H23F3N4OS. The summed E-state index contributed by atoms with van der Waals surface area (Å²) in [6.45, 7) is 3.51. The molecule has 29 heavy (non-hydrogen) atoms. The van der Waals surface area contributed by atoms with Crippen LogP contribution in [0.4, 0.5) is 18.9 Å². The minimum atomic E-state index is -4.55. The van der Waals surface area contributed by atoms with Gasteiger partial charge in [0.25, 0.3) is 0 Å². The second kappa shape index (κ2) is 8.16. The highest BCUT2D eigenvalue weighted by Gasteiger charge is 2.30. The molecule has 1 aromatic carbocycles. The SMILES string of the molecule is CC(C)(O)c1ncc(-c2cc(NC/N=C\C=C(/N)C(F)(F)F)cc(C3CC3)c2)s1. The molecule has 5 nitrogen and oxygen atoms in total. The van der Waals surface area contributed by atoms with Crippen molar-refractivity contribution in [1.29, 1.82) is 0 Å². The number of nitrogens with one attached hydrogen (secondary N) is 1. The molecule has 4 N–H and O–H groups in total. The molecule has 0 atom stereocenters. The second-order valence-corrected chi connectivity index (χ2v) is 8.52. The first-order valence-electron chi connectivity index (χ1n) is 9.15. The van der Waals surface area contributed by atoms with Crippen molar-refractivity contribution >= 4 is 23.2 Å². The van der Waals surface area contributed by atoms with Crippen LogP contribution in [0.1, 0.15) is 43.2 Å². The van der Waals surface area contributed by atoms with Gasteiger partial charge in [0.15, 0.2) is 0 Å². The van der Waals surface area contributed by atoms with Crippen molar-refractivity contribution in [1.82, 2.24) is 4.98 Å². The molecule has 0 aliphatic heterocycles. The van der Waals surface area contributed by atoms with Crippen LogP contribution in [0, 0.1) is 0 Å². The number of benzene rings is 1. The Balaban J connectivity index is 1.75. The van der Waals surface area contributed by atoms with E-state index in [0.29, 0.717) is 10.9 Å². The number of halogens is 3. The van der Waals surface area contributed by atoms with E-state index in [0.717, 1.165) is 41.3 Å². The van der Waals surface area contributed by atoms with Crippen molar-refractivity contribution in [3.63, 3.8) is 0 Å². The first-order valence-corrected chi connectivity index (χ1v) is 9.96. The van der Waals surface area contributed by atoms with Crippen LogP contribution in [0.15, 0.2) is 41.2 Å². The maximum atomic E-state index is 12.3. The maximum Gasteiger partial charge on any atom is 0.430 e. The minimum absolute atomic E-state index is 0.118. The van der Waals surface area contributed by atoms with Crippen LogP contribution in [-0.4, -0.2) is 29.2 Å². The van der Waals surface area contributed by atoms with E-state index < -0.39 is 17.5 Å². The number of hydrogen-bond acceptors (Lipinski definition) is 6. The van der Waals surface area contributed by atoms with Gasteiger partial charge < -0.3 is 16.2 Å². The van der Waals surface area contributed by atoms with Gasteiger partial charge in [-0.05, 0) is 68.0 Å². The van der Waals surface area contributed by atoms with Gasteiger partial charge in [-0.15, -0.1) is 11.3 Å². The molecule has 1 aliphatic rings. The summed E-state index contributed by atoms with van der Waals surface area (Å²) >= 11 is 1.43. The molecule has 0 spiro atoms. The van der Waals surface area contributed by atoms with Gasteiger partial charge in [-0.3, -0.25) is 4.99 Å². The molecular weight excluding hydrogens is 401 g/mol. The van der Waals surface area contributed by atoms with Gasteiger partial charge in [0.05, 0.1) is 4.88 Å². The Morgan fingerprint density at radius 2 is 2.07 bits per heavy atom. The minimum Gasteiger partial charge on any atom is -0.395 e. The highest BCUT2D eigenvalue weighted by molar-refractivity contribution is 7.15. The van der Waals surface area contributed by atoms with E-state index >= 15 is 0 Å². The summed E-state index contributed by atoms with van der Waals surface area (Å²) in [6.07, 6.45) is 1.25. The van der Waals surface area contributed by atoms with Gasteiger partial charge in [-0.1, -0.05) is 0 Å². The number of rotatable bonds is 7. The van der Waals surface area contributed by atoms with Crippen LogP contribution >= 0.6 is 11.3 Å². The van der Waals surface area contributed by atoms with E-state index in [1.54, 1.807) is 20.0 Å². The maximum absolute atomic E-state index is 12.3. The summed E-state index contributed by atoms with van der Waals surface area (Å²) in [5.74, 6) is 0.523. The summed E-state index contributed by atoms with van der Waals surface area (Å²) < 4.78 is 37.0. The lowest BCUT2D eigenvalue weighted by atomic mass is 10.0. The Morgan fingerprint density at radius 1 is 1.34 bits per heavy atom. The van der Waals surface area contributed by atoms with E-state index in [1.165, 1.54) is 16.9 Å². The molecule has 0 saturated heterocycles. The number of alkyl halides is 3. The Bertz CT molecular complexity index is 925. The molecule has 0 unspecified atom stereocenters. The third kappa shape index (κ3) is 5.80. The van der Waals surface area contributed by atoms with Crippen LogP contribution < -0.4 is 11.1 Å². The molecule has 9 heteroatoms. The second-order valence-electron chi connectivity index (χ2n) is 7.49. The number of thiazole rings is 1. The fourth-order valence-corrected chi connectivity index (χ4v) is 3.56. The predicted molar refractivity (Wildman–Crippen MR) is 110 cm³/mol. The molecule has 156 valence electrons. The molecule has 0 radical (unpaired) electrons. The number of nitrogens with zero attached hydrogens (tertiary/aromatic N) is 2. The Hall–Kier alpha value is -2.39. The molecule has 0 bridgehead atoms. The van der Waals surface area contributed by atoms with Gasteiger partial charge in [-0.2, -0.15) is 13.2 Å². The first kappa shape index (κ1) is 21.3. The van der Waals surface area contributed by atoms with E-state index in [2.05, 4.69) is 21.4 Å². The van der Waals surface area contributed by atoms with Crippen molar-refractivity contribution in [3.8, 4) is 10.4 Å². The molecule has 1 saturated carbocycles. The number of nitrogens with two attached hydrogens (primary N) is 1. The van der Waals surface area contributed by atoms with E-state index in [1.807, 2.05) is 12.1 Å². The molecule has 1 aliphatic carbocycles. The van der Waals surface area contributed by atoms with Crippen LogP contribution in [-0.2, 0) is 5.60 Å². The lowest BCUT2D eigenvalue weighted by Gasteiger charge is -2.12. The Morgan fingerprint density at radius 3 is 2.66 bits per heavy atom. The summed E-state index contributed by atoms with van der Waals surface area (Å²) in [4.78, 5) is 9.18. The quantitative estimate of drug-likeness (QED) is 0.560. The van der Waals surface area contributed by atoms with Crippen LogP contribution in [0.25, 0.3) is 10.4 Å². The van der Waals surface area contributed by atoms with Gasteiger partial charge in [0.1, 0.15) is 23.0 Å². The monoisotopic (exact) mass is 424 g/mol. The fraction of sp³-hybridized carbons (Fsp3) is 0.400. The Kier molecular flexibility index (Phi) is 6.00. The van der Waals surface area contributed by atoms with Crippen molar-refractivity contribution in [2.45, 2.75) is 44.4 Å². The van der Waals surface area contributed by atoms with Crippen LogP contribution in [0.2, 0.25) is 0 Å². The highest BCUT2D eigenvalue weighted by Crippen LogP contribution is 2.43. The summed E-state index contributed by atoms with van der Waals surface area (Å²) in [5, 5.41) is 13.9. The fourth-order valence-electron chi connectivity index (χ4n) is 2.66. The normalized spacial score (nSPS) is 15.9. The Labute approximate surface area is 171 Å². The van der Waals surface area contributed by atoms with E-state index in [9.17, 15) is 18.3 Å². The zero-order chi connectivity index (χ0) is 21.2. The standard InChI is InChI=1S/C20H23F3N4OS/c1-19(2,28)18-26-10-16(29-18)14-7-13(12-3-4-12)8-15(9-14)27-11-25-6-5-17(24)20(21,22)23/h5-10,12,27-28H,3-4,11,24H2,1-2H3/b17-5-,25-6-. The van der Waals surface area contributed by atoms with Crippen molar-refractivity contribution in [3.05, 3.63) is 46.7 Å². The van der Waals surface area contributed by atoms with E-state index in [4.69, 9.17) is 5.73 Å². The predicted octanol–water partition coefficient (Wildman–Crippen LogP) is 4.76. The third-order valence-electron chi connectivity index (χ3n) is 4.38. The molecule has 0 amide bonds. The molecule has 2 aromatic rings. The number of aromatic nitrogens is 1. The van der Waals surface area contributed by atoms with Gasteiger partial charge in [0.2, 0.25) is 0 Å². The smallest absolute Gasteiger partial charge is 0.395 e. The molecule has 1 heterocycles. The summed E-state index contributed by atoms with van der Waals surface area (Å²) in [6, 6.07) is 6.11. The molecule has 1 aromatic heterocycles. The highest BCUT2D eigenvalue weighted by atomic mass is 32.1. The largest absolute Gasteiger partial charge is 0.430 e.